The predicted octanol–water partition coefficient (Wildman–Crippen LogP) is 1.20. The third kappa shape index (κ3) is 2.11. The Morgan fingerprint density at radius 3 is 2.85 bits per heavy atom. The van der Waals surface area contributed by atoms with Crippen LogP contribution in [0.15, 0.2) is 28.2 Å². The van der Waals surface area contributed by atoms with Gasteiger partial charge >= 0.3 is 0 Å². The maximum atomic E-state index is 4.26. The first-order valence-electron chi connectivity index (χ1n) is 3.90. The lowest BCUT2D eigenvalue weighted by Crippen LogP contribution is -2.02. The minimum absolute atomic E-state index is 0.553. The van der Waals surface area contributed by atoms with Crippen LogP contribution in [0.2, 0.25) is 0 Å². The highest BCUT2D eigenvalue weighted by Gasteiger charge is 2.01. The average molecular weight is 176 g/mol. The van der Waals surface area contributed by atoms with Crippen molar-refractivity contribution in [2.75, 3.05) is 19.4 Å². The molecule has 0 radical (unpaired) electrons. The van der Waals surface area contributed by atoms with Gasteiger partial charge in [-0.1, -0.05) is 6.07 Å². The highest BCUT2D eigenvalue weighted by molar-refractivity contribution is 5.99. The highest BCUT2D eigenvalue weighted by Crippen LogP contribution is 2.05. The van der Waals surface area contributed by atoms with Crippen LogP contribution in [0.5, 0.6) is 0 Å². The topological polar surface area (TPSA) is 49.6 Å². The van der Waals surface area contributed by atoms with Crippen LogP contribution >= 0.6 is 0 Å². The van der Waals surface area contributed by atoms with Crippen LogP contribution in [-0.2, 0) is 0 Å². The Bertz CT molecular complexity index is 330. The molecule has 68 valence electrons. The largest absolute Gasteiger partial charge is 0.373 e. The number of hydrogen-bond acceptors (Lipinski definition) is 3. The third-order valence-corrected chi connectivity index (χ3v) is 1.60. The summed E-state index contributed by atoms with van der Waals surface area (Å²) in [6, 6.07) is 5.61. The van der Waals surface area contributed by atoms with Gasteiger partial charge < -0.3 is 5.32 Å². The Labute approximate surface area is 77.5 Å². The molecule has 1 rings (SSSR count). The monoisotopic (exact) mass is 176 g/mol. The molecule has 1 aromatic heterocycles. The lowest BCUT2D eigenvalue weighted by atomic mass is 10.3. The van der Waals surface area contributed by atoms with Crippen molar-refractivity contribution < 1.29 is 0 Å². The molecule has 0 saturated heterocycles. The van der Waals surface area contributed by atoms with E-state index in [1.807, 2.05) is 25.2 Å². The number of nitrogens with zero attached hydrogens (tertiary/aromatic N) is 3. The van der Waals surface area contributed by atoms with Crippen LogP contribution in [0, 0.1) is 0 Å². The third-order valence-electron chi connectivity index (χ3n) is 1.60. The van der Waals surface area contributed by atoms with Gasteiger partial charge in [0.05, 0.1) is 0 Å². The van der Waals surface area contributed by atoms with E-state index in [0.717, 1.165) is 11.5 Å². The first-order chi connectivity index (χ1) is 6.31. The molecule has 0 saturated carbocycles. The van der Waals surface area contributed by atoms with Crippen LogP contribution in [-0.4, -0.2) is 31.6 Å². The Morgan fingerprint density at radius 1 is 1.54 bits per heavy atom. The zero-order valence-corrected chi connectivity index (χ0v) is 7.78. The molecule has 1 N–H and O–H groups in total. The molecule has 0 aliphatic heterocycles. The number of aromatic nitrogens is 1. The maximum Gasteiger partial charge on any atom is 0.172 e. The van der Waals surface area contributed by atoms with Gasteiger partial charge in [-0.05, 0) is 18.9 Å². The molecule has 0 aliphatic carbocycles. The van der Waals surface area contributed by atoms with E-state index in [9.17, 15) is 0 Å². The zero-order valence-electron chi connectivity index (χ0n) is 7.78. The van der Waals surface area contributed by atoms with Crippen molar-refractivity contribution in [1.82, 2.24) is 4.98 Å². The van der Waals surface area contributed by atoms with Crippen molar-refractivity contribution in [3.8, 4) is 0 Å². The number of aliphatic imine (C=N–C) groups is 2. The summed E-state index contributed by atoms with van der Waals surface area (Å²) in [4.78, 5) is 12.0. The van der Waals surface area contributed by atoms with Crippen molar-refractivity contribution in [1.29, 1.82) is 0 Å². The standard InChI is InChI=1S/C9H12N4/c1-10-8-6-4-5-7(13-8)9(11-2)12-3/h4-6H,2H2,1,3H3,(H,10,13). The second-order valence-electron chi connectivity index (χ2n) is 2.36. The van der Waals surface area contributed by atoms with Crippen molar-refractivity contribution in [3.63, 3.8) is 0 Å². The fraction of sp³-hybridized carbons (Fsp3) is 0.222. The summed E-state index contributed by atoms with van der Waals surface area (Å²) in [6.07, 6.45) is 0. The van der Waals surface area contributed by atoms with Gasteiger partial charge in [0.1, 0.15) is 11.5 Å². The first-order valence-corrected chi connectivity index (χ1v) is 3.90. The van der Waals surface area contributed by atoms with Crippen LogP contribution in [0.1, 0.15) is 5.69 Å². The predicted molar refractivity (Wildman–Crippen MR) is 55.8 cm³/mol. The Kier molecular flexibility index (Phi) is 3.14. The van der Waals surface area contributed by atoms with Crippen LogP contribution in [0.3, 0.4) is 0 Å². The van der Waals surface area contributed by atoms with Gasteiger partial charge in [0.15, 0.2) is 5.84 Å². The van der Waals surface area contributed by atoms with Crippen LogP contribution < -0.4 is 5.32 Å². The van der Waals surface area contributed by atoms with Crippen LogP contribution in [0.25, 0.3) is 0 Å². The van der Waals surface area contributed by atoms with E-state index in [-0.39, 0.29) is 0 Å². The molecule has 0 amide bonds. The lowest BCUT2D eigenvalue weighted by Gasteiger charge is -2.01. The molecule has 1 heterocycles. The molecule has 0 aliphatic rings. The molecular formula is C9H12N4. The highest BCUT2D eigenvalue weighted by atomic mass is 15.0. The van der Waals surface area contributed by atoms with Crippen molar-refractivity contribution in [3.05, 3.63) is 23.9 Å². The van der Waals surface area contributed by atoms with E-state index in [1.165, 1.54) is 0 Å². The summed E-state index contributed by atoms with van der Waals surface area (Å²) in [6.45, 7) is 3.42. The van der Waals surface area contributed by atoms with E-state index in [1.54, 1.807) is 7.05 Å². The normalized spacial score (nSPS) is 11.1. The Balaban J connectivity index is 3.07. The summed E-state index contributed by atoms with van der Waals surface area (Å²) in [5.41, 5.74) is 0.726. The quantitative estimate of drug-likeness (QED) is 0.543. The van der Waals surface area contributed by atoms with E-state index < -0.39 is 0 Å². The van der Waals surface area contributed by atoms with Gasteiger partial charge in [-0.15, -0.1) is 0 Å². The second kappa shape index (κ2) is 4.35. The van der Waals surface area contributed by atoms with Crippen molar-refractivity contribution >= 4 is 18.4 Å². The number of hydrogen-bond donors (Lipinski definition) is 1. The number of amidine groups is 1. The van der Waals surface area contributed by atoms with Crippen LogP contribution in [0.4, 0.5) is 5.82 Å². The number of rotatable bonds is 2. The Morgan fingerprint density at radius 2 is 2.31 bits per heavy atom. The summed E-state index contributed by atoms with van der Waals surface area (Å²) < 4.78 is 0. The summed E-state index contributed by atoms with van der Waals surface area (Å²) in [5.74, 6) is 1.35. The molecule has 4 heteroatoms. The van der Waals surface area contributed by atoms with Crippen molar-refractivity contribution in [2.45, 2.75) is 0 Å². The van der Waals surface area contributed by atoms with E-state index in [4.69, 9.17) is 0 Å². The molecule has 0 aromatic carbocycles. The minimum Gasteiger partial charge on any atom is -0.373 e. The molecule has 0 atom stereocenters. The molecule has 13 heavy (non-hydrogen) atoms. The van der Waals surface area contributed by atoms with E-state index in [0.29, 0.717) is 5.84 Å². The van der Waals surface area contributed by atoms with Gasteiger partial charge in [0.2, 0.25) is 0 Å². The Hall–Kier alpha value is -1.71. The zero-order chi connectivity index (χ0) is 9.68. The summed E-state index contributed by atoms with van der Waals surface area (Å²) >= 11 is 0. The van der Waals surface area contributed by atoms with Gasteiger partial charge in [0.25, 0.3) is 0 Å². The minimum atomic E-state index is 0.553. The van der Waals surface area contributed by atoms with Gasteiger partial charge in [-0.2, -0.15) is 0 Å². The van der Waals surface area contributed by atoms with E-state index >= 15 is 0 Å². The van der Waals surface area contributed by atoms with Gasteiger partial charge in [0, 0.05) is 14.1 Å². The summed E-state index contributed by atoms with van der Waals surface area (Å²) in [5, 5.41) is 2.94. The fourth-order valence-corrected chi connectivity index (χ4v) is 0.965. The summed E-state index contributed by atoms with van der Waals surface area (Å²) in [7, 11) is 3.48. The molecule has 0 bridgehead atoms. The SMILES string of the molecule is C=NC(=NC)c1cccc(NC)n1. The molecule has 0 fully saturated rings. The number of pyridine rings is 1. The molecule has 0 spiro atoms. The first kappa shape index (κ1) is 9.38. The fourth-order valence-electron chi connectivity index (χ4n) is 0.965. The number of nitrogens with one attached hydrogen (secondary N) is 1. The average Bonchev–Trinajstić information content (AvgIpc) is 2.20. The van der Waals surface area contributed by atoms with Crippen molar-refractivity contribution in [2.24, 2.45) is 9.98 Å². The van der Waals surface area contributed by atoms with Gasteiger partial charge in [-0.3, -0.25) is 4.99 Å². The second-order valence-corrected chi connectivity index (χ2v) is 2.36. The molecule has 0 unspecified atom stereocenters. The molecule has 4 nitrogen and oxygen atoms in total. The molecule has 1 aromatic rings. The lowest BCUT2D eigenvalue weighted by molar-refractivity contribution is 1.24. The number of anilines is 1. The van der Waals surface area contributed by atoms with E-state index in [2.05, 4.69) is 27.0 Å². The maximum absolute atomic E-state index is 4.26. The van der Waals surface area contributed by atoms with Gasteiger partial charge in [-0.25, -0.2) is 9.98 Å². The molecular weight excluding hydrogens is 164 g/mol. The smallest absolute Gasteiger partial charge is 0.172 e.